The van der Waals surface area contributed by atoms with Gasteiger partial charge in [0.05, 0.1) is 11.4 Å². The molecular weight excluding hydrogens is 260 g/mol. The number of nitrogens with zero attached hydrogens (tertiary/aromatic N) is 1. The fraction of sp³-hybridized carbons (Fsp3) is 0.357. The summed E-state index contributed by atoms with van der Waals surface area (Å²) in [6.07, 6.45) is 1.08. The van der Waals surface area contributed by atoms with Gasteiger partial charge in [-0.3, -0.25) is 0 Å². The summed E-state index contributed by atoms with van der Waals surface area (Å²) in [7, 11) is 0. The molecule has 0 spiro atoms. The highest BCUT2D eigenvalue weighted by Gasteiger charge is 2.14. The van der Waals surface area contributed by atoms with Crippen molar-refractivity contribution in [3.05, 3.63) is 45.4 Å². The zero-order chi connectivity index (χ0) is 12.4. The third-order valence-electron chi connectivity index (χ3n) is 3.00. The Balaban J connectivity index is 1.68. The van der Waals surface area contributed by atoms with Crippen LogP contribution in [0.1, 0.15) is 21.1 Å². The lowest BCUT2D eigenvalue weighted by atomic mass is 10.2. The zero-order valence-electron chi connectivity index (χ0n) is 10.4. The summed E-state index contributed by atoms with van der Waals surface area (Å²) >= 11 is 3.74. The molecule has 0 aliphatic carbocycles. The van der Waals surface area contributed by atoms with Crippen LogP contribution in [0.15, 0.2) is 29.2 Å². The number of aromatic nitrogens is 1. The summed E-state index contributed by atoms with van der Waals surface area (Å²) in [6.45, 7) is 4.21. The van der Waals surface area contributed by atoms with Crippen LogP contribution in [0.25, 0.3) is 0 Å². The van der Waals surface area contributed by atoms with Gasteiger partial charge in [-0.05, 0) is 19.1 Å². The molecule has 1 N–H and O–H groups in total. The predicted octanol–water partition coefficient (Wildman–Crippen LogP) is 3.39. The lowest BCUT2D eigenvalue weighted by Gasteiger charge is -2.09. The first kappa shape index (κ1) is 12.2. The largest absolute Gasteiger partial charge is 0.311 e. The summed E-state index contributed by atoms with van der Waals surface area (Å²) in [5, 5.41) is 4.66. The molecule has 0 atom stereocenters. The Hall–Kier alpha value is -0.840. The highest BCUT2D eigenvalue weighted by Crippen LogP contribution is 2.28. The third kappa shape index (κ3) is 2.76. The minimum absolute atomic E-state index is 0.987. The van der Waals surface area contributed by atoms with Crippen LogP contribution in [-0.4, -0.2) is 11.5 Å². The maximum absolute atomic E-state index is 4.75. The Kier molecular flexibility index (Phi) is 3.68. The normalized spacial score (nSPS) is 14.5. The molecule has 18 heavy (non-hydrogen) atoms. The van der Waals surface area contributed by atoms with Crippen molar-refractivity contribution in [3.63, 3.8) is 0 Å². The van der Waals surface area contributed by atoms with E-state index in [1.165, 1.54) is 26.0 Å². The Bertz CT molecular complexity index is 525. The molecule has 0 saturated carbocycles. The van der Waals surface area contributed by atoms with Gasteiger partial charge < -0.3 is 5.32 Å². The van der Waals surface area contributed by atoms with Crippen molar-refractivity contribution in [1.82, 2.24) is 10.3 Å². The van der Waals surface area contributed by atoms with E-state index in [2.05, 4.69) is 36.5 Å². The van der Waals surface area contributed by atoms with Gasteiger partial charge in [0.25, 0.3) is 0 Å². The molecule has 4 heteroatoms. The van der Waals surface area contributed by atoms with Crippen LogP contribution in [0.2, 0.25) is 0 Å². The second-order valence-electron chi connectivity index (χ2n) is 4.51. The van der Waals surface area contributed by atoms with Gasteiger partial charge in [-0.2, -0.15) is 0 Å². The van der Waals surface area contributed by atoms with E-state index >= 15 is 0 Å². The number of nitrogens with one attached hydrogen (secondary N) is 1. The number of fused-ring (bicyclic) bond motifs is 1. The predicted molar refractivity (Wildman–Crippen MR) is 78.3 cm³/mol. The maximum atomic E-state index is 4.75. The Labute approximate surface area is 116 Å². The number of thioether (sulfide) groups is 1. The molecule has 2 aromatic rings. The lowest BCUT2D eigenvalue weighted by Crippen LogP contribution is -2.22. The minimum Gasteiger partial charge on any atom is -0.311 e. The quantitative estimate of drug-likeness (QED) is 0.870. The van der Waals surface area contributed by atoms with Crippen LogP contribution in [0.5, 0.6) is 0 Å². The number of rotatable bonds is 3. The molecule has 0 radical (unpaired) electrons. The molecule has 0 saturated heterocycles. The summed E-state index contributed by atoms with van der Waals surface area (Å²) in [4.78, 5) is 7.51. The Morgan fingerprint density at radius 3 is 3.22 bits per heavy atom. The summed E-state index contributed by atoms with van der Waals surface area (Å²) in [5.74, 6) is 0.987. The number of benzene rings is 1. The second kappa shape index (κ2) is 5.43. The average Bonchev–Trinajstić information content (AvgIpc) is 2.79. The van der Waals surface area contributed by atoms with Crippen molar-refractivity contribution >= 4 is 23.1 Å². The van der Waals surface area contributed by atoms with Crippen molar-refractivity contribution in [1.29, 1.82) is 0 Å². The van der Waals surface area contributed by atoms with Crippen LogP contribution >= 0.6 is 23.1 Å². The molecule has 0 amide bonds. The maximum Gasteiger partial charge on any atom is 0.103 e. The third-order valence-corrected chi connectivity index (χ3v) is 5.28. The van der Waals surface area contributed by atoms with Gasteiger partial charge in [0.2, 0.25) is 0 Å². The highest BCUT2D eigenvalue weighted by atomic mass is 32.2. The first-order chi connectivity index (χ1) is 8.81. The fourth-order valence-corrected chi connectivity index (χ4v) is 4.18. The molecule has 1 aromatic carbocycles. The number of aryl methyl sites for hydroxylation is 1. The molecule has 1 aliphatic rings. The van der Waals surface area contributed by atoms with Crippen molar-refractivity contribution in [2.75, 3.05) is 6.54 Å². The number of hydrogen-bond donors (Lipinski definition) is 1. The van der Waals surface area contributed by atoms with Gasteiger partial charge in [-0.1, -0.05) is 17.7 Å². The van der Waals surface area contributed by atoms with Crippen molar-refractivity contribution < 1.29 is 0 Å². The van der Waals surface area contributed by atoms with Crippen molar-refractivity contribution in [2.45, 2.75) is 30.5 Å². The van der Waals surface area contributed by atoms with E-state index in [0.29, 0.717) is 0 Å². The molecule has 1 aliphatic heterocycles. The van der Waals surface area contributed by atoms with E-state index in [1.54, 1.807) is 0 Å². The van der Waals surface area contributed by atoms with Crippen LogP contribution < -0.4 is 5.32 Å². The van der Waals surface area contributed by atoms with Gasteiger partial charge in [0, 0.05) is 29.3 Å². The van der Waals surface area contributed by atoms with Gasteiger partial charge >= 0.3 is 0 Å². The zero-order valence-corrected chi connectivity index (χ0v) is 12.0. The van der Waals surface area contributed by atoms with Gasteiger partial charge in [0.1, 0.15) is 5.01 Å². The van der Waals surface area contributed by atoms with Crippen LogP contribution in [0.3, 0.4) is 0 Å². The topological polar surface area (TPSA) is 24.9 Å². The first-order valence-corrected chi connectivity index (χ1v) is 7.99. The summed E-state index contributed by atoms with van der Waals surface area (Å²) in [6, 6.07) is 8.67. The van der Waals surface area contributed by atoms with Gasteiger partial charge in [0.15, 0.2) is 0 Å². The van der Waals surface area contributed by atoms with E-state index < -0.39 is 0 Å². The molecule has 2 heterocycles. The highest BCUT2D eigenvalue weighted by molar-refractivity contribution is 7.98. The van der Waals surface area contributed by atoms with Crippen molar-refractivity contribution in [3.8, 4) is 0 Å². The van der Waals surface area contributed by atoms with Crippen LogP contribution in [0.4, 0.5) is 0 Å². The van der Waals surface area contributed by atoms with E-state index in [4.69, 9.17) is 4.98 Å². The minimum atomic E-state index is 0.987. The first-order valence-electron chi connectivity index (χ1n) is 6.19. The van der Waals surface area contributed by atoms with E-state index in [9.17, 15) is 0 Å². The van der Waals surface area contributed by atoms with Crippen LogP contribution in [-0.2, 0) is 18.7 Å². The molecule has 2 nitrogen and oxygen atoms in total. The molecule has 0 unspecified atom stereocenters. The van der Waals surface area contributed by atoms with E-state index in [1.807, 2.05) is 23.1 Å². The number of thiazole rings is 1. The number of hydrogen-bond acceptors (Lipinski definition) is 4. The molecular formula is C14H16N2S2. The lowest BCUT2D eigenvalue weighted by molar-refractivity contribution is 0.643. The van der Waals surface area contributed by atoms with Crippen molar-refractivity contribution in [2.24, 2.45) is 0 Å². The average molecular weight is 276 g/mol. The second-order valence-corrected chi connectivity index (χ2v) is 6.73. The summed E-state index contributed by atoms with van der Waals surface area (Å²) < 4.78 is 0. The van der Waals surface area contributed by atoms with E-state index in [-0.39, 0.29) is 0 Å². The summed E-state index contributed by atoms with van der Waals surface area (Å²) in [5.41, 5.74) is 2.64. The molecule has 1 aromatic heterocycles. The smallest absolute Gasteiger partial charge is 0.103 e. The van der Waals surface area contributed by atoms with Gasteiger partial charge in [-0.25, -0.2) is 4.98 Å². The molecule has 0 bridgehead atoms. The Morgan fingerprint density at radius 2 is 2.39 bits per heavy atom. The molecule has 94 valence electrons. The van der Waals surface area contributed by atoms with Crippen LogP contribution in [0, 0.1) is 6.92 Å². The Morgan fingerprint density at radius 1 is 1.44 bits per heavy atom. The molecule has 3 rings (SSSR count). The van der Waals surface area contributed by atoms with Gasteiger partial charge in [-0.15, -0.1) is 23.1 Å². The van der Waals surface area contributed by atoms with E-state index in [0.717, 1.165) is 25.3 Å². The molecule has 0 fully saturated rings. The SMILES string of the molecule is Cc1cccc(SCc2nc3c(s2)CNCC3)c1. The standard InChI is InChI=1S/C14H16N2S2/c1-10-3-2-4-11(7-10)17-9-14-16-12-5-6-15-8-13(12)18-14/h2-4,7,15H,5-6,8-9H2,1H3. The fourth-order valence-electron chi connectivity index (χ4n) is 2.09. The monoisotopic (exact) mass is 276 g/mol.